The summed E-state index contributed by atoms with van der Waals surface area (Å²) < 4.78 is 0. The molecular formula is C16H18ClN3O2S. The summed E-state index contributed by atoms with van der Waals surface area (Å²) >= 11 is 6.86. The van der Waals surface area contributed by atoms with E-state index in [0.717, 1.165) is 43.5 Å². The zero-order valence-electron chi connectivity index (χ0n) is 12.9. The number of nitrogens with zero attached hydrogens (tertiary/aromatic N) is 3. The summed E-state index contributed by atoms with van der Waals surface area (Å²) in [7, 11) is 2.08. The van der Waals surface area contributed by atoms with E-state index >= 15 is 0 Å². The minimum absolute atomic E-state index is 0.200. The number of thioether (sulfide) groups is 1. The van der Waals surface area contributed by atoms with Crippen molar-refractivity contribution in [2.75, 3.05) is 39.9 Å². The summed E-state index contributed by atoms with van der Waals surface area (Å²) in [4.78, 5) is 30.8. The van der Waals surface area contributed by atoms with Gasteiger partial charge in [-0.1, -0.05) is 23.7 Å². The molecule has 2 aliphatic rings. The average molecular weight is 352 g/mol. The molecule has 0 aliphatic carbocycles. The van der Waals surface area contributed by atoms with E-state index in [1.54, 1.807) is 18.2 Å². The summed E-state index contributed by atoms with van der Waals surface area (Å²) in [5.74, 6) is -0.214. The number of rotatable bonds is 3. The van der Waals surface area contributed by atoms with Crippen LogP contribution in [-0.4, -0.2) is 65.7 Å². The molecule has 2 aliphatic heterocycles. The maximum atomic E-state index is 12.5. The number of amides is 2. The van der Waals surface area contributed by atoms with Gasteiger partial charge in [0, 0.05) is 31.2 Å². The van der Waals surface area contributed by atoms with Crippen LogP contribution in [0.25, 0.3) is 6.08 Å². The molecule has 3 rings (SSSR count). The van der Waals surface area contributed by atoms with Crippen LogP contribution >= 0.6 is 23.4 Å². The lowest BCUT2D eigenvalue weighted by atomic mass is 10.2. The SMILES string of the molecule is CN1CCN(CN2C(=O)SC(=Cc3ccc(Cl)cc3)C2=O)CC1. The third-order valence-electron chi connectivity index (χ3n) is 3.98. The van der Waals surface area contributed by atoms with Gasteiger partial charge in [-0.3, -0.25) is 19.4 Å². The Morgan fingerprint density at radius 2 is 1.78 bits per heavy atom. The van der Waals surface area contributed by atoms with Gasteiger partial charge in [0.25, 0.3) is 11.1 Å². The number of halogens is 1. The molecule has 0 saturated carbocycles. The van der Waals surface area contributed by atoms with Gasteiger partial charge >= 0.3 is 0 Å². The number of piperazine rings is 1. The molecule has 1 aromatic rings. The van der Waals surface area contributed by atoms with Crippen molar-refractivity contribution in [1.82, 2.24) is 14.7 Å². The molecule has 122 valence electrons. The average Bonchev–Trinajstić information content (AvgIpc) is 2.79. The third kappa shape index (κ3) is 3.95. The summed E-state index contributed by atoms with van der Waals surface area (Å²) in [5, 5.41) is 0.444. The summed E-state index contributed by atoms with van der Waals surface area (Å²) in [6, 6.07) is 7.19. The summed E-state index contributed by atoms with van der Waals surface area (Å²) in [5.41, 5.74) is 0.861. The molecule has 0 N–H and O–H groups in total. The molecule has 0 radical (unpaired) electrons. The van der Waals surface area contributed by atoms with Crippen LogP contribution in [0, 0.1) is 0 Å². The highest BCUT2D eigenvalue weighted by Gasteiger charge is 2.36. The van der Waals surface area contributed by atoms with Gasteiger partial charge in [-0.05, 0) is 42.6 Å². The number of hydrogen-bond donors (Lipinski definition) is 0. The van der Waals surface area contributed by atoms with Crippen molar-refractivity contribution in [3.8, 4) is 0 Å². The van der Waals surface area contributed by atoms with Gasteiger partial charge in [0.2, 0.25) is 0 Å². The van der Waals surface area contributed by atoms with Gasteiger partial charge in [-0.25, -0.2) is 0 Å². The molecule has 0 atom stereocenters. The standard InChI is InChI=1S/C16H18ClN3O2S/c1-18-6-8-19(9-7-18)11-20-15(21)14(23-16(20)22)10-12-2-4-13(17)5-3-12/h2-5,10H,6-9,11H2,1H3. The second-order valence-electron chi connectivity index (χ2n) is 5.72. The first kappa shape index (κ1) is 16.5. The van der Waals surface area contributed by atoms with E-state index in [-0.39, 0.29) is 11.1 Å². The predicted molar refractivity (Wildman–Crippen MR) is 93.2 cm³/mol. The number of benzene rings is 1. The van der Waals surface area contributed by atoms with Crippen LogP contribution in [0.3, 0.4) is 0 Å². The van der Waals surface area contributed by atoms with Crippen molar-refractivity contribution in [1.29, 1.82) is 0 Å². The van der Waals surface area contributed by atoms with Gasteiger partial charge in [-0.15, -0.1) is 0 Å². The van der Waals surface area contributed by atoms with Gasteiger partial charge in [0.15, 0.2) is 0 Å². The minimum atomic E-state index is -0.214. The lowest BCUT2D eigenvalue weighted by Gasteiger charge is -2.33. The van der Waals surface area contributed by atoms with Gasteiger partial charge in [-0.2, -0.15) is 0 Å². The molecule has 0 aromatic heterocycles. The zero-order chi connectivity index (χ0) is 16.4. The van der Waals surface area contributed by atoms with E-state index in [4.69, 9.17) is 11.6 Å². The van der Waals surface area contributed by atoms with Crippen LogP contribution in [0.1, 0.15) is 5.56 Å². The molecule has 5 nitrogen and oxygen atoms in total. The molecule has 7 heteroatoms. The van der Waals surface area contributed by atoms with Crippen LogP contribution in [0.5, 0.6) is 0 Å². The maximum Gasteiger partial charge on any atom is 0.294 e. The predicted octanol–water partition coefficient (Wildman–Crippen LogP) is 2.58. The van der Waals surface area contributed by atoms with Gasteiger partial charge in [0.1, 0.15) is 0 Å². The number of imide groups is 1. The zero-order valence-corrected chi connectivity index (χ0v) is 14.4. The van der Waals surface area contributed by atoms with E-state index in [0.29, 0.717) is 16.6 Å². The summed E-state index contributed by atoms with van der Waals surface area (Å²) in [6.07, 6.45) is 1.74. The Balaban J connectivity index is 1.68. The highest BCUT2D eigenvalue weighted by Crippen LogP contribution is 2.32. The van der Waals surface area contributed by atoms with Crippen molar-refractivity contribution < 1.29 is 9.59 Å². The molecule has 2 amide bonds. The summed E-state index contributed by atoms with van der Waals surface area (Å²) in [6.45, 7) is 4.02. The molecular weight excluding hydrogens is 334 g/mol. The largest absolute Gasteiger partial charge is 0.304 e. The molecule has 2 heterocycles. The highest BCUT2D eigenvalue weighted by molar-refractivity contribution is 8.18. The Labute approximate surface area is 144 Å². The number of carbonyl (C=O) groups excluding carboxylic acids is 2. The number of likely N-dealkylation sites (N-methyl/N-ethyl adjacent to an activating group) is 1. The Morgan fingerprint density at radius 1 is 1.13 bits per heavy atom. The first-order valence-electron chi connectivity index (χ1n) is 7.45. The van der Waals surface area contributed by atoms with Crippen LogP contribution in [0.15, 0.2) is 29.2 Å². The molecule has 0 spiro atoms. The fourth-order valence-electron chi connectivity index (χ4n) is 2.52. The third-order valence-corrected chi connectivity index (χ3v) is 5.14. The quantitative estimate of drug-likeness (QED) is 0.783. The van der Waals surface area contributed by atoms with Crippen molar-refractivity contribution >= 4 is 40.6 Å². The highest BCUT2D eigenvalue weighted by atomic mass is 35.5. The van der Waals surface area contributed by atoms with Gasteiger partial charge in [0.05, 0.1) is 11.6 Å². The van der Waals surface area contributed by atoms with E-state index in [1.165, 1.54) is 4.90 Å². The van der Waals surface area contributed by atoms with Crippen LogP contribution in [0.2, 0.25) is 5.02 Å². The fourth-order valence-corrected chi connectivity index (χ4v) is 3.48. The van der Waals surface area contributed by atoms with Crippen molar-refractivity contribution in [3.63, 3.8) is 0 Å². The molecule has 0 unspecified atom stereocenters. The molecule has 0 bridgehead atoms. The first-order chi connectivity index (χ1) is 11.0. The number of hydrogen-bond acceptors (Lipinski definition) is 5. The Bertz CT molecular complexity index is 639. The molecule has 2 saturated heterocycles. The Kier molecular flexibility index (Phi) is 5.06. The topological polar surface area (TPSA) is 43.9 Å². The first-order valence-corrected chi connectivity index (χ1v) is 8.64. The molecule has 23 heavy (non-hydrogen) atoms. The Morgan fingerprint density at radius 3 is 2.43 bits per heavy atom. The van der Waals surface area contributed by atoms with E-state index in [1.807, 2.05) is 12.1 Å². The monoisotopic (exact) mass is 351 g/mol. The van der Waals surface area contributed by atoms with Gasteiger partial charge < -0.3 is 4.90 Å². The second kappa shape index (κ2) is 7.05. The fraction of sp³-hybridized carbons (Fsp3) is 0.375. The van der Waals surface area contributed by atoms with Crippen molar-refractivity contribution in [3.05, 3.63) is 39.8 Å². The van der Waals surface area contributed by atoms with Crippen LogP contribution in [0.4, 0.5) is 4.79 Å². The maximum absolute atomic E-state index is 12.5. The normalized spacial score (nSPS) is 22.3. The molecule has 1 aromatic carbocycles. The number of carbonyl (C=O) groups is 2. The van der Waals surface area contributed by atoms with Crippen LogP contribution < -0.4 is 0 Å². The Hall–Kier alpha value is -1.34. The minimum Gasteiger partial charge on any atom is -0.304 e. The lowest BCUT2D eigenvalue weighted by molar-refractivity contribution is -0.124. The van der Waals surface area contributed by atoms with E-state index in [2.05, 4.69) is 16.8 Å². The van der Waals surface area contributed by atoms with Crippen LogP contribution in [-0.2, 0) is 4.79 Å². The van der Waals surface area contributed by atoms with E-state index < -0.39 is 0 Å². The van der Waals surface area contributed by atoms with E-state index in [9.17, 15) is 9.59 Å². The molecule has 2 fully saturated rings. The van der Waals surface area contributed by atoms with Crippen molar-refractivity contribution in [2.24, 2.45) is 0 Å². The van der Waals surface area contributed by atoms with Crippen molar-refractivity contribution in [2.45, 2.75) is 0 Å². The second-order valence-corrected chi connectivity index (χ2v) is 7.15. The smallest absolute Gasteiger partial charge is 0.294 e. The lowest BCUT2D eigenvalue weighted by Crippen LogP contribution is -2.49.